The van der Waals surface area contributed by atoms with Crippen LogP contribution in [-0.2, 0) is 16.1 Å². The summed E-state index contributed by atoms with van der Waals surface area (Å²) in [5, 5.41) is 5.37. The lowest BCUT2D eigenvalue weighted by Gasteiger charge is -2.18. The molecule has 0 bridgehead atoms. The normalized spacial score (nSPS) is 11.3. The molecule has 8 heteroatoms. The summed E-state index contributed by atoms with van der Waals surface area (Å²) < 4.78 is 0. The van der Waals surface area contributed by atoms with Gasteiger partial charge in [0, 0.05) is 12.2 Å². The predicted octanol–water partition coefficient (Wildman–Crippen LogP) is 2.41. The Morgan fingerprint density at radius 3 is 2.31 bits per heavy atom. The number of halogens is 2. The maximum atomic E-state index is 12.0. The minimum Gasteiger partial charge on any atom is -0.346 e. The van der Waals surface area contributed by atoms with Gasteiger partial charge in [0.15, 0.2) is 0 Å². The molecule has 1 aromatic rings. The molecule has 1 rings (SSSR count). The van der Waals surface area contributed by atoms with E-state index in [1.807, 2.05) is 38.1 Å². The van der Waals surface area contributed by atoms with E-state index in [1.54, 1.807) is 0 Å². The van der Waals surface area contributed by atoms with E-state index in [2.05, 4.69) is 29.4 Å². The highest BCUT2D eigenvalue weighted by Crippen LogP contribution is 2.12. The van der Waals surface area contributed by atoms with Crippen LogP contribution in [0.4, 0.5) is 5.69 Å². The van der Waals surface area contributed by atoms with Crippen LogP contribution in [0.5, 0.6) is 0 Å². The molecule has 4 N–H and O–H groups in total. The molecule has 1 aromatic carbocycles. The number of benzene rings is 1. The molecule has 0 heterocycles. The van der Waals surface area contributed by atoms with E-state index < -0.39 is 6.04 Å². The molecule has 26 heavy (non-hydrogen) atoms. The lowest BCUT2D eigenvalue weighted by molar-refractivity contribution is -0.125. The molecule has 0 unspecified atom stereocenters. The topological polar surface area (TPSA) is 87.5 Å². The first-order valence-electron chi connectivity index (χ1n) is 8.51. The van der Waals surface area contributed by atoms with E-state index in [-0.39, 0.29) is 49.1 Å². The summed E-state index contributed by atoms with van der Waals surface area (Å²) in [7, 11) is 0. The summed E-state index contributed by atoms with van der Waals surface area (Å²) in [6, 6.07) is 7.15. The SMILES string of the molecule is CCN(CC)Cc1cccc(NC(=O)CNC(=O)[C@@H](N)C(C)C)c1.Cl.Cl. The second-order valence-electron chi connectivity index (χ2n) is 6.20. The molecule has 0 aromatic heterocycles. The van der Waals surface area contributed by atoms with E-state index in [4.69, 9.17) is 5.73 Å². The van der Waals surface area contributed by atoms with Crippen LogP contribution in [0.3, 0.4) is 0 Å². The minimum atomic E-state index is -0.602. The molecule has 6 nitrogen and oxygen atoms in total. The zero-order chi connectivity index (χ0) is 18.1. The van der Waals surface area contributed by atoms with Crippen molar-refractivity contribution in [3.05, 3.63) is 29.8 Å². The van der Waals surface area contributed by atoms with Gasteiger partial charge in [-0.25, -0.2) is 0 Å². The molecule has 0 spiro atoms. The van der Waals surface area contributed by atoms with E-state index in [0.29, 0.717) is 0 Å². The van der Waals surface area contributed by atoms with Crippen molar-refractivity contribution in [3.8, 4) is 0 Å². The van der Waals surface area contributed by atoms with Crippen molar-refractivity contribution < 1.29 is 9.59 Å². The van der Waals surface area contributed by atoms with Gasteiger partial charge in [-0.15, -0.1) is 24.8 Å². The number of hydrogen-bond donors (Lipinski definition) is 3. The summed E-state index contributed by atoms with van der Waals surface area (Å²) >= 11 is 0. The molecule has 0 saturated heterocycles. The third-order valence-corrected chi connectivity index (χ3v) is 3.96. The van der Waals surface area contributed by atoms with Crippen molar-refractivity contribution in [1.82, 2.24) is 10.2 Å². The Morgan fingerprint density at radius 1 is 1.15 bits per heavy atom. The number of carbonyl (C=O) groups is 2. The van der Waals surface area contributed by atoms with Crippen LogP contribution in [0.2, 0.25) is 0 Å². The van der Waals surface area contributed by atoms with Crippen LogP contribution >= 0.6 is 24.8 Å². The summed E-state index contributed by atoms with van der Waals surface area (Å²) in [4.78, 5) is 26.0. The maximum Gasteiger partial charge on any atom is 0.243 e. The number of anilines is 1. The molecule has 1 atom stereocenters. The number of hydrogen-bond acceptors (Lipinski definition) is 4. The predicted molar refractivity (Wildman–Crippen MR) is 112 cm³/mol. The van der Waals surface area contributed by atoms with Gasteiger partial charge in [0.25, 0.3) is 0 Å². The molecule has 0 aliphatic heterocycles. The third-order valence-electron chi connectivity index (χ3n) is 3.96. The number of nitrogens with zero attached hydrogens (tertiary/aromatic N) is 1. The molecule has 0 aliphatic rings. The quantitative estimate of drug-likeness (QED) is 0.587. The number of carbonyl (C=O) groups excluding carboxylic acids is 2. The monoisotopic (exact) mass is 406 g/mol. The van der Waals surface area contributed by atoms with Crippen molar-refractivity contribution in [3.63, 3.8) is 0 Å². The lowest BCUT2D eigenvalue weighted by Crippen LogP contribution is -2.46. The van der Waals surface area contributed by atoms with Crippen molar-refractivity contribution in [2.45, 2.75) is 40.3 Å². The molecule has 150 valence electrons. The van der Waals surface area contributed by atoms with Gasteiger partial charge in [-0.3, -0.25) is 14.5 Å². The van der Waals surface area contributed by atoms with Crippen LogP contribution in [0.15, 0.2) is 24.3 Å². The van der Waals surface area contributed by atoms with Crippen LogP contribution in [0, 0.1) is 5.92 Å². The molecule has 0 fully saturated rings. The fraction of sp³-hybridized carbons (Fsp3) is 0.556. The first kappa shape index (κ1) is 26.9. The van der Waals surface area contributed by atoms with Gasteiger partial charge in [0.05, 0.1) is 12.6 Å². The molecule has 0 radical (unpaired) electrons. The average Bonchev–Trinajstić information content (AvgIpc) is 2.57. The summed E-state index contributed by atoms with van der Waals surface area (Å²) in [6.45, 7) is 10.7. The Morgan fingerprint density at radius 2 is 1.77 bits per heavy atom. The molecule has 0 aliphatic carbocycles. The second kappa shape index (κ2) is 13.8. The number of amides is 2. The van der Waals surface area contributed by atoms with Gasteiger partial charge in [0.2, 0.25) is 11.8 Å². The fourth-order valence-corrected chi connectivity index (χ4v) is 2.25. The lowest BCUT2D eigenvalue weighted by atomic mass is 10.1. The van der Waals surface area contributed by atoms with Crippen molar-refractivity contribution in [1.29, 1.82) is 0 Å². The Bertz CT molecular complexity index is 552. The highest BCUT2D eigenvalue weighted by Gasteiger charge is 2.17. The highest BCUT2D eigenvalue weighted by molar-refractivity contribution is 5.95. The smallest absolute Gasteiger partial charge is 0.243 e. The van der Waals surface area contributed by atoms with Crippen molar-refractivity contribution in [2.24, 2.45) is 11.7 Å². The summed E-state index contributed by atoms with van der Waals surface area (Å²) in [6.07, 6.45) is 0. The first-order valence-corrected chi connectivity index (χ1v) is 8.51. The Kier molecular flexibility index (Phi) is 14.3. The molecule has 0 saturated carbocycles. The third kappa shape index (κ3) is 9.38. The van der Waals surface area contributed by atoms with Crippen molar-refractivity contribution in [2.75, 3.05) is 25.0 Å². The van der Waals surface area contributed by atoms with Crippen LogP contribution in [-0.4, -0.2) is 42.4 Å². The van der Waals surface area contributed by atoms with E-state index in [0.717, 1.165) is 30.9 Å². The minimum absolute atomic E-state index is 0. The largest absolute Gasteiger partial charge is 0.346 e. The van der Waals surface area contributed by atoms with Crippen molar-refractivity contribution >= 4 is 42.3 Å². The fourth-order valence-electron chi connectivity index (χ4n) is 2.25. The summed E-state index contributed by atoms with van der Waals surface area (Å²) in [5.74, 6) is -0.542. The van der Waals surface area contributed by atoms with Gasteiger partial charge < -0.3 is 16.4 Å². The van der Waals surface area contributed by atoms with Crippen LogP contribution < -0.4 is 16.4 Å². The standard InChI is InChI=1S/C18H30N4O2.2ClH/c1-5-22(6-2)12-14-8-7-9-15(10-14)21-16(23)11-20-18(24)17(19)13(3)4;;/h7-10,13,17H,5-6,11-12,19H2,1-4H3,(H,20,24)(H,21,23);2*1H/t17-;;/m0../s1. The zero-order valence-electron chi connectivity index (χ0n) is 16.0. The van der Waals surface area contributed by atoms with Gasteiger partial charge in [-0.2, -0.15) is 0 Å². The first-order chi connectivity index (χ1) is 11.4. The van der Waals surface area contributed by atoms with Gasteiger partial charge in [0.1, 0.15) is 0 Å². The van der Waals surface area contributed by atoms with Gasteiger partial charge >= 0.3 is 0 Å². The average molecular weight is 407 g/mol. The van der Waals surface area contributed by atoms with E-state index in [9.17, 15) is 9.59 Å². The van der Waals surface area contributed by atoms with E-state index >= 15 is 0 Å². The van der Waals surface area contributed by atoms with Crippen LogP contribution in [0.25, 0.3) is 0 Å². The molecule has 2 amide bonds. The Labute approximate surface area is 169 Å². The Hall–Kier alpha value is -1.34. The summed E-state index contributed by atoms with van der Waals surface area (Å²) in [5.41, 5.74) is 7.61. The van der Waals surface area contributed by atoms with Gasteiger partial charge in [-0.05, 0) is 36.7 Å². The highest BCUT2D eigenvalue weighted by atomic mass is 35.5. The number of nitrogens with one attached hydrogen (secondary N) is 2. The van der Waals surface area contributed by atoms with E-state index in [1.165, 1.54) is 0 Å². The zero-order valence-corrected chi connectivity index (χ0v) is 17.6. The van der Waals surface area contributed by atoms with Gasteiger partial charge in [-0.1, -0.05) is 39.8 Å². The molecular formula is C18H32Cl2N4O2. The Balaban J connectivity index is 0. The number of nitrogens with two attached hydrogens (primary N) is 1. The maximum absolute atomic E-state index is 12.0. The molecular weight excluding hydrogens is 375 g/mol. The second-order valence-corrected chi connectivity index (χ2v) is 6.20. The number of rotatable bonds is 9. The van der Waals surface area contributed by atoms with Crippen LogP contribution in [0.1, 0.15) is 33.3 Å².